The predicted molar refractivity (Wildman–Crippen MR) is 85.7 cm³/mol. The van der Waals surface area contributed by atoms with Crippen LogP contribution in [0, 0.1) is 5.82 Å². The maximum atomic E-state index is 13.4. The minimum absolute atomic E-state index is 0.0423. The van der Waals surface area contributed by atoms with Gasteiger partial charge in [0.2, 0.25) is 0 Å². The van der Waals surface area contributed by atoms with Crippen molar-refractivity contribution in [3.63, 3.8) is 0 Å². The lowest BCUT2D eigenvalue weighted by molar-refractivity contribution is 0.621. The molecule has 0 bridgehead atoms. The second-order valence-electron chi connectivity index (χ2n) is 5.39. The molecule has 0 saturated heterocycles. The molecule has 20 heavy (non-hydrogen) atoms. The molecule has 1 aromatic carbocycles. The van der Waals surface area contributed by atoms with Crippen LogP contribution in [0.15, 0.2) is 28.7 Å². The molecule has 0 radical (unpaired) electrons. The Morgan fingerprint density at radius 1 is 1.20 bits per heavy atom. The van der Waals surface area contributed by atoms with E-state index >= 15 is 0 Å². The van der Waals surface area contributed by atoms with Crippen molar-refractivity contribution in [3.8, 4) is 0 Å². The fourth-order valence-electron chi connectivity index (χ4n) is 2.78. The minimum Gasteiger partial charge on any atom is -0.323 e. The van der Waals surface area contributed by atoms with E-state index in [1.54, 1.807) is 6.07 Å². The smallest absolute Gasteiger partial charge is 0.124 e. The van der Waals surface area contributed by atoms with Gasteiger partial charge in [-0.3, -0.25) is 0 Å². The quantitative estimate of drug-likeness (QED) is 0.844. The third-order valence-corrected chi connectivity index (χ3v) is 5.59. The first kappa shape index (κ1) is 14.2. The molecule has 1 unspecified atom stereocenters. The predicted octanol–water partition coefficient (Wildman–Crippen LogP) is 4.77. The Morgan fingerprint density at radius 2 is 2.00 bits per heavy atom. The van der Waals surface area contributed by atoms with Gasteiger partial charge in [-0.25, -0.2) is 4.39 Å². The van der Waals surface area contributed by atoms with E-state index in [1.807, 2.05) is 17.4 Å². The summed E-state index contributed by atoms with van der Waals surface area (Å²) in [7, 11) is 0. The van der Waals surface area contributed by atoms with E-state index in [-0.39, 0.29) is 11.9 Å². The first-order valence-electron chi connectivity index (χ1n) is 6.94. The van der Waals surface area contributed by atoms with Crippen molar-refractivity contribution in [1.82, 2.24) is 0 Å². The second kappa shape index (κ2) is 5.96. The van der Waals surface area contributed by atoms with Gasteiger partial charge in [0.25, 0.3) is 0 Å². The number of hydrogen-bond acceptors (Lipinski definition) is 2. The normalized spacial score (nSPS) is 15.9. The molecule has 2 aromatic rings. The van der Waals surface area contributed by atoms with Crippen LogP contribution in [0.2, 0.25) is 0 Å². The highest BCUT2D eigenvalue weighted by Crippen LogP contribution is 2.33. The number of nitrogens with two attached hydrogens (primary N) is 1. The highest BCUT2D eigenvalue weighted by molar-refractivity contribution is 9.10. The summed E-state index contributed by atoms with van der Waals surface area (Å²) in [5, 5.41) is 0. The van der Waals surface area contributed by atoms with Crippen LogP contribution in [-0.2, 0) is 19.3 Å². The van der Waals surface area contributed by atoms with Gasteiger partial charge in [0.1, 0.15) is 5.82 Å². The molecule has 0 spiro atoms. The molecular formula is C16H17BrFNS. The maximum Gasteiger partial charge on any atom is 0.124 e. The van der Waals surface area contributed by atoms with E-state index in [4.69, 9.17) is 5.73 Å². The lowest BCUT2D eigenvalue weighted by atomic mass is 9.98. The van der Waals surface area contributed by atoms with Crippen molar-refractivity contribution in [3.05, 3.63) is 55.4 Å². The van der Waals surface area contributed by atoms with Crippen molar-refractivity contribution in [2.75, 3.05) is 0 Å². The van der Waals surface area contributed by atoms with Crippen molar-refractivity contribution in [2.24, 2.45) is 5.73 Å². The number of aryl methyl sites for hydroxylation is 2. The van der Waals surface area contributed by atoms with Gasteiger partial charge in [0, 0.05) is 20.3 Å². The number of rotatable bonds is 3. The van der Waals surface area contributed by atoms with E-state index in [2.05, 4.69) is 22.0 Å². The molecule has 1 heterocycles. The molecule has 1 nitrogen and oxygen atoms in total. The van der Waals surface area contributed by atoms with Gasteiger partial charge < -0.3 is 5.73 Å². The van der Waals surface area contributed by atoms with Crippen LogP contribution in [0.3, 0.4) is 0 Å². The third kappa shape index (κ3) is 3.13. The van der Waals surface area contributed by atoms with Gasteiger partial charge in [-0.05, 0) is 67.5 Å². The van der Waals surface area contributed by atoms with Gasteiger partial charge in [0.15, 0.2) is 0 Å². The summed E-state index contributed by atoms with van der Waals surface area (Å²) in [5.74, 6) is -0.216. The summed E-state index contributed by atoms with van der Waals surface area (Å²) in [4.78, 5) is 2.74. The average molecular weight is 354 g/mol. The Bertz CT molecular complexity index is 579. The van der Waals surface area contributed by atoms with E-state index in [0.717, 1.165) is 10.0 Å². The number of fused-ring (bicyclic) bond motifs is 1. The zero-order valence-electron chi connectivity index (χ0n) is 11.2. The van der Waals surface area contributed by atoms with Crippen molar-refractivity contribution in [1.29, 1.82) is 0 Å². The Kier molecular flexibility index (Phi) is 4.24. The Hall–Kier alpha value is -0.710. The van der Waals surface area contributed by atoms with Gasteiger partial charge in [-0.15, -0.1) is 11.3 Å². The fourth-order valence-corrected chi connectivity index (χ4v) is 4.55. The molecule has 1 aromatic heterocycles. The van der Waals surface area contributed by atoms with Crippen molar-refractivity contribution >= 4 is 27.3 Å². The average Bonchev–Trinajstić information content (AvgIpc) is 2.81. The molecule has 0 amide bonds. The van der Waals surface area contributed by atoms with Crippen LogP contribution in [0.5, 0.6) is 0 Å². The summed E-state index contributed by atoms with van der Waals surface area (Å²) in [6, 6.07) is 7.20. The molecule has 106 valence electrons. The van der Waals surface area contributed by atoms with Gasteiger partial charge in [-0.2, -0.15) is 0 Å². The van der Waals surface area contributed by atoms with E-state index in [0.29, 0.717) is 6.42 Å². The Morgan fingerprint density at radius 3 is 2.75 bits per heavy atom. The zero-order valence-corrected chi connectivity index (χ0v) is 13.6. The van der Waals surface area contributed by atoms with E-state index in [9.17, 15) is 4.39 Å². The molecule has 2 N–H and O–H groups in total. The summed E-state index contributed by atoms with van der Waals surface area (Å²) in [6.07, 6.45) is 5.63. The Labute approximate surface area is 131 Å². The van der Waals surface area contributed by atoms with Gasteiger partial charge >= 0.3 is 0 Å². The summed E-state index contributed by atoms with van der Waals surface area (Å²) < 4.78 is 14.2. The lowest BCUT2D eigenvalue weighted by Crippen LogP contribution is -2.12. The van der Waals surface area contributed by atoms with Crippen LogP contribution >= 0.6 is 27.3 Å². The zero-order chi connectivity index (χ0) is 14.1. The molecule has 1 aliphatic carbocycles. The van der Waals surface area contributed by atoms with Crippen LogP contribution in [0.25, 0.3) is 0 Å². The molecule has 1 aliphatic rings. The maximum absolute atomic E-state index is 13.4. The molecule has 1 atom stereocenters. The summed E-state index contributed by atoms with van der Waals surface area (Å²) >= 11 is 5.17. The number of halogens is 2. The minimum atomic E-state index is -0.216. The monoisotopic (exact) mass is 353 g/mol. The topological polar surface area (TPSA) is 26.0 Å². The van der Waals surface area contributed by atoms with Crippen LogP contribution in [0.4, 0.5) is 4.39 Å². The van der Waals surface area contributed by atoms with Crippen molar-refractivity contribution in [2.45, 2.75) is 38.1 Å². The summed E-state index contributed by atoms with van der Waals surface area (Å²) in [6.45, 7) is 0. The van der Waals surface area contributed by atoms with Gasteiger partial charge in [0.05, 0.1) is 0 Å². The second-order valence-corrected chi connectivity index (χ2v) is 7.48. The largest absolute Gasteiger partial charge is 0.323 e. The SMILES string of the molecule is NC(Cc1cc(F)cc(Br)c1)c1cc2c(s1)CCCC2. The summed E-state index contributed by atoms with van der Waals surface area (Å²) in [5.41, 5.74) is 8.73. The van der Waals surface area contributed by atoms with Gasteiger partial charge in [-0.1, -0.05) is 15.9 Å². The van der Waals surface area contributed by atoms with E-state index in [1.165, 1.54) is 47.1 Å². The standard InChI is InChI=1S/C16H17BrFNS/c17-12-5-10(6-13(18)9-12)7-14(19)16-8-11-3-1-2-4-15(11)20-16/h5-6,8-9,14H,1-4,7,19H2. The molecule has 4 heteroatoms. The molecule has 3 rings (SSSR count). The number of hydrogen-bond donors (Lipinski definition) is 1. The molecule has 0 aliphatic heterocycles. The fraction of sp³-hybridized carbons (Fsp3) is 0.375. The van der Waals surface area contributed by atoms with E-state index < -0.39 is 0 Å². The van der Waals surface area contributed by atoms with Crippen LogP contribution < -0.4 is 5.73 Å². The highest BCUT2D eigenvalue weighted by Gasteiger charge is 2.17. The van der Waals surface area contributed by atoms with Crippen LogP contribution in [0.1, 0.15) is 39.8 Å². The first-order chi connectivity index (χ1) is 9.61. The molecular weight excluding hydrogens is 337 g/mol. The van der Waals surface area contributed by atoms with Crippen LogP contribution in [-0.4, -0.2) is 0 Å². The highest BCUT2D eigenvalue weighted by atomic mass is 79.9. The molecule has 0 fully saturated rings. The van der Waals surface area contributed by atoms with Crippen molar-refractivity contribution < 1.29 is 4.39 Å². The number of benzene rings is 1. The molecule has 0 saturated carbocycles. The Balaban J connectivity index is 1.78. The number of thiophene rings is 1. The lowest BCUT2D eigenvalue weighted by Gasteiger charge is -2.10. The third-order valence-electron chi connectivity index (χ3n) is 3.76. The first-order valence-corrected chi connectivity index (χ1v) is 8.55.